The van der Waals surface area contributed by atoms with Gasteiger partial charge in [-0.25, -0.2) is 18.7 Å². The second-order valence-electron chi connectivity index (χ2n) is 5.49. The summed E-state index contributed by atoms with van der Waals surface area (Å²) in [7, 11) is 0. The number of hydrogen-bond donors (Lipinski definition) is 0. The Morgan fingerprint density at radius 3 is 2.50 bits per heavy atom. The molecule has 128 valence electrons. The number of pyridine rings is 1. The Bertz CT molecular complexity index is 1100. The highest BCUT2D eigenvalue weighted by Crippen LogP contribution is 2.34. The third-order valence-corrected chi connectivity index (χ3v) is 4.07. The summed E-state index contributed by atoms with van der Waals surface area (Å²) in [6.45, 7) is 0. The van der Waals surface area contributed by atoms with Gasteiger partial charge in [-0.2, -0.15) is 0 Å². The normalized spacial score (nSPS) is 10.9. The molecule has 4 aromatic rings. The van der Waals surface area contributed by atoms with Crippen LogP contribution in [0.15, 0.2) is 67.0 Å². The zero-order chi connectivity index (χ0) is 18.1. The molecule has 4 nitrogen and oxygen atoms in total. The van der Waals surface area contributed by atoms with Crippen LogP contribution >= 0.6 is 11.6 Å². The number of fused-ring (bicyclic) bond motifs is 1. The van der Waals surface area contributed by atoms with Gasteiger partial charge in [0.2, 0.25) is 5.95 Å². The number of benzene rings is 2. The van der Waals surface area contributed by atoms with E-state index in [-0.39, 0.29) is 11.0 Å². The summed E-state index contributed by atoms with van der Waals surface area (Å²) in [5.74, 6) is -0.754. The summed E-state index contributed by atoms with van der Waals surface area (Å²) < 4.78 is 27.8. The lowest BCUT2D eigenvalue weighted by molar-refractivity contribution is 0.627. The standard InChI is InChI=1S/C19H11ClF2N4/c20-15-7-6-14(10-16(15)22)26(13-4-1-3-12(21)9-13)19-24-11-18-17(25-19)5-2-8-23-18/h1-11H. The molecule has 7 heteroatoms. The number of rotatable bonds is 3. The topological polar surface area (TPSA) is 41.9 Å². The van der Waals surface area contributed by atoms with Crippen LogP contribution in [0.2, 0.25) is 5.02 Å². The SMILES string of the molecule is Fc1cccc(N(c2ccc(Cl)c(F)c2)c2ncc3ncccc3n2)c1. The summed E-state index contributed by atoms with van der Waals surface area (Å²) in [5.41, 5.74) is 2.11. The van der Waals surface area contributed by atoms with Crippen LogP contribution in [0.4, 0.5) is 26.1 Å². The second kappa shape index (κ2) is 6.65. The molecule has 2 aromatic carbocycles. The van der Waals surface area contributed by atoms with Crippen LogP contribution in [0.5, 0.6) is 0 Å². The molecular formula is C19H11ClF2N4. The minimum absolute atomic E-state index is 0.00317. The summed E-state index contributed by atoms with van der Waals surface area (Å²) in [6, 6.07) is 13.8. The van der Waals surface area contributed by atoms with Gasteiger partial charge in [-0.15, -0.1) is 0 Å². The predicted molar refractivity (Wildman–Crippen MR) is 96.9 cm³/mol. The third-order valence-electron chi connectivity index (χ3n) is 3.77. The molecule has 4 rings (SSSR count). The van der Waals surface area contributed by atoms with E-state index in [1.54, 1.807) is 47.6 Å². The zero-order valence-electron chi connectivity index (χ0n) is 13.3. The Labute approximate surface area is 152 Å². The lowest BCUT2D eigenvalue weighted by Gasteiger charge is -2.23. The van der Waals surface area contributed by atoms with Gasteiger partial charge in [-0.1, -0.05) is 17.7 Å². The van der Waals surface area contributed by atoms with Gasteiger partial charge in [0.1, 0.15) is 17.2 Å². The van der Waals surface area contributed by atoms with E-state index in [9.17, 15) is 8.78 Å². The smallest absolute Gasteiger partial charge is 0.235 e. The van der Waals surface area contributed by atoms with Crippen molar-refractivity contribution in [1.82, 2.24) is 15.0 Å². The fraction of sp³-hybridized carbons (Fsp3) is 0. The minimum atomic E-state index is -0.590. The molecule has 0 aliphatic rings. The molecule has 0 atom stereocenters. The Hall–Kier alpha value is -3.12. The van der Waals surface area contributed by atoms with Crippen LogP contribution in [0.3, 0.4) is 0 Å². The van der Waals surface area contributed by atoms with Crippen LogP contribution in [0.25, 0.3) is 11.0 Å². The maximum atomic E-state index is 14.0. The van der Waals surface area contributed by atoms with E-state index in [4.69, 9.17) is 11.6 Å². The van der Waals surface area contributed by atoms with Gasteiger partial charge in [0.05, 0.1) is 28.1 Å². The first-order valence-electron chi connectivity index (χ1n) is 7.70. The molecule has 0 saturated heterocycles. The Balaban J connectivity index is 1.92. The molecule has 0 bridgehead atoms. The fourth-order valence-corrected chi connectivity index (χ4v) is 2.70. The van der Waals surface area contributed by atoms with Gasteiger partial charge < -0.3 is 0 Å². The van der Waals surface area contributed by atoms with E-state index in [2.05, 4.69) is 15.0 Å². The number of halogens is 3. The van der Waals surface area contributed by atoms with Gasteiger partial charge in [-0.3, -0.25) is 9.88 Å². The highest BCUT2D eigenvalue weighted by Gasteiger charge is 2.17. The van der Waals surface area contributed by atoms with Crippen molar-refractivity contribution in [3.63, 3.8) is 0 Å². The predicted octanol–water partition coefficient (Wildman–Crippen LogP) is 5.43. The molecule has 26 heavy (non-hydrogen) atoms. The molecule has 0 N–H and O–H groups in total. The van der Waals surface area contributed by atoms with Crippen molar-refractivity contribution in [3.8, 4) is 0 Å². The number of aromatic nitrogens is 3. The average Bonchev–Trinajstić information content (AvgIpc) is 2.65. The van der Waals surface area contributed by atoms with Gasteiger partial charge in [0.15, 0.2) is 0 Å². The van der Waals surface area contributed by atoms with E-state index in [1.807, 2.05) is 0 Å². The molecule has 0 fully saturated rings. The van der Waals surface area contributed by atoms with Crippen molar-refractivity contribution >= 4 is 40.0 Å². The first-order valence-corrected chi connectivity index (χ1v) is 8.08. The molecule has 0 amide bonds. The molecule has 0 saturated carbocycles. The Morgan fingerprint density at radius 1 is 0.846 bits per heavy atom. The van der Waals surface area contributed by atoms with Crippen LogP contribution in [0.1, 0.15) is 0 Å². The van der Waals surface area contributed by atoms with Crippen molar-refractivity contribution in [3.05, 3.63) is 83.6 Å². The summed E-state index contributed by atoms with van der Waals surface area (Å²) in [4.78, 5) is 14.5. The number of nitrogens with zero attached hydrogens (tertiary/aromatic N) is 4. The molecule has 2 aromatic heterocycles. The largest absolute Gasteiger partial charge is 0.279 e. The Morgan fingerprint density at radius 2 is 1.69 bits per heavy atom. The first kappa shape index (κ1) is 16.4. The molecule has 0 aliphatic carbocycles. The number of anilines is 3. The van der Waals surface area contributed by atoms with Crippen molar-refractivity contribution in [2.75, 3.05) is 4.90 Å². The maximum Gasteiger partial charge on any atom is 0.235 e. The van der Waals surface area contributed by atoms with Crippen LogP contribution in [-0.4, -0.2) is 15.0 Å². The maximum absolute atomic E-state index is 14.0. The van der Waals surface area contributed by atoms with E-state index >= 15 is 0 Å². The summed E-state index contributed by atoms with van der Waals surface area (Å²) in [6.07, 6.45) is 3.21. The fourth-order valence-electron chi connectivity index (χ4n) is 2.59. The molecule has 0 radical (unpaired) electrons. The van der Waals surface area contributed by atoms with Crippen molar-refractivity contribution < 1.29 is 8.78 Å². The molecule has 2 heterocycles. The van der Waals surface area contributed by atoms with E-state index in [0.717, 1.165) is 0 Å². The van der Waals surface area contributed by atoms with Gasteiger partial charge in [0, 0.05) is 6.20 Å². The quantitative estimate of drug-likeness (QED) is 0.484. The van der Waals surface area contributed by atoms with Crippen molar-refractivity contribution in [1.29, 1.82) is 0 Å². The van der Waals surface area contributed by atoms with Crippen LogP contribution in [0, 0.1) is 11.6 Å². The number of hydrogen-bond acceptors (Lipinski definition) is 4. The minimum Gasteiger partial charge on any atom is -0.279 e. The monoisotopic (exact) mass is 368 g/mol. The highest BCUT2D eigenvalue weighted by molar-refractivity contribution is 6.30. The molecule has 0 unspecified atom stereocenters. The van der Waals surface area contributed by atoms with Crippen molar-refractivity contribution in [2.45, 2.75) is 0 Å². The van der Waals surface area contributed by atoms with E-state index in [1.165, 1.54) is 24.3 Å². The van der Waals surface area contributed by atoms with Crippen LogP contribution < -0.4 is 4.90 Å². The van der Waals surface area contributed by atoms with Gasteiger partial charge in [-0.05, 0) is 48.5 Å². The highest BCUT2D eigenvalue weighted by atomic mass is 35.5. The molecular weight excluding hydrogens is 358 g/mol. The van der Waals surface area contributed by atoms with Crippen LogP contribution in [-0.2, 0) is 0 Å². The second-order valence-corrected chi connectivity index (χ2v) is 5.90. The molecule has 0 spiro atoms. The lowest BCUT2D eigenvalue weighted by atomic mass is 10.2. The van der Waals surface area contributed by atoms with Gasteiger partial charge >= 0.3 is 0 Å². The summed E-state index contributed by atoms with van der Waals surface area (Å²) in [5, 5.41) is -0.00317. The average molecular weight is 369 g/mol. The van der Waals surface area contributed by atoms with E-state index in [0.29, 0.717) is 22.4 Å². The zero-order valence-corrected chi connectivity index (χ0v) is 14.0. The molecule has 0 aliphatic heterocycles. The van der Waals surface area contributed by atoms with Crippen molar-refractivity contribution in [2.24, 2.45) is 0 Å². The Kier molecular flexibility index (Phi) is 4.18. The van der Waals surface area contributed by atoms with Gasteiger partial charge in [0.25, 0.3) is 0 Å². The lowest BCUT2D eigenvalue weighted by Crippen LogP contribution is -2.14. The summed E-state index contributed by atoms with van der Waals surface area (Å²) >= 11 is 5.79. The first-order chi connectivity index (χ1) is 12.6. The third kappa shape index (κ3) is 3.07. The van der Waals surface area contributed by atoms with E-state index < -0.39 is 11.6 Å².